The van der Waals surface area contributed by atoms with Gasteiger partial charge in [0.1, 0.15) is 0 Å². The Morgan fingerprint density at radius 1 is 1.25 bits per heavy atom. The van der Waals surface area contributed by atoms with Gasteiger partial charge >= 0.3 is 5.97 Å². The number of hydrogen-bond acceptors (Lipinski definition) is 2. The number of benzene rings is 1. The van der Waals surface area contributed by atoms with E-state index in [4.69, 9.17) is 4.74 Å². The van der Waals surface area contributed by atoms with Crippen LogP contribution in [0.4, 0.5) is 0 Å². The first kappa shape index (κ1) is 14.2. The lowest BCUT2D eigenvalue weighted by atomic mass is 10.2. The maximum Gasteiger partial charge on any atom is 0.339 e. The minimum Gasteiger partial charge on any atom is -0.448 e. The molecule has 0 aliphatic rings. The molecule has 1 unspecified atom stereocenters. The van der Waals surface area contributed by atoms with Gasteiger partial charge in [0, 0.05) is 0 Å². The van der Waals surface area contributed by atoms with Crippen molar-refractivity contribution < 1.29 is 9.53 Å². The summed E-state index contributed by atoms with van der Waals surface area (Å²) in [5.41, 5.74) is 0.623. The summed E-state index contributed by atoms with van der Waals surface area (Å²) in [7, 11) is 0. The lowest BCUT2D eigenvalue weighted by molar-refractivity contribution is 0.0470. The smallest absolute Gasteiger partial charge is 0.339 e. The van der Waals surface area contributed by atoms with Crippen molar-refractivity contribution >= 4 is 51.2 Å². The molecule has 1 atom stereocenters. The molecular weight excluding hydrogens is 430 g/mol. The quantitative estimate of drug-likeness (QED) is 0.285. The van der Waals surface area contributed by atoms with Gasteiger partial charge in [0.2, 0.25) is 0 Å². The molecule has 4 heteroatoms. The molecule has 0 N–H and O–H groups in total. The second-order valence-electron chi connectivity index (χ2n) is 3.37. The molecule has 0 fully saturated rings. The third-order valence-electron chi connectivity index (χ3n) is 2.06. The molecule has 0 spiro atoms. The van der Waals surface area contributed by atoms with Crippen LogP contribution >= 0.6 is 45.2 Å². The summed E-state index contributed by atoms with van der Waals surface area (Å²) in [6, 6.07) is 9.12. The molecule has 2 nitrogen and oxygen atoms in total. The Morgan fingerprint density at radius 3 is 2.56 bits per heavy atom. The van der Waals surface area contributed by atoms with Crippen molar-refractivity contribution in [1.82, 2.24) is 0 Å². The van der Waals surface area contributed by atoms with E-state index < -0.39 is 0 Å². The number of alkyl halides is 2. The monoisotopic (exact) mass is 444 g/mol. The second kappa shape index (κ2) is 8.27. The van der Waals surface area contributed by atoms with E-state index in [2.05, 4.69) is 45.2 Å². The number of hydrogen-bond donors (Lipinski definition) is 0. The van der Waals surface area contributed by atoms with Crippen molar-refractivity contribution in [3.05, 3.63) is 35.9 Å². The van der Waals surface area contributed by atoms with Gasteiger partial charge in [-0.15, -0.1) is 0 Å². The van der Waals surface area contributed by atoms with Gasteiger partial charge in [-0.1, -0.05) is 40.8 Å². The van der Waals surface area contributed by atoms with E-state index in [1.807, 2.05) is 18.2 Å². The van der Waals surface area contributed by atoms with Crippen LogP contribution in [0.15, 0.2) is 30.3 Å². The SMILES string of the molecule is O=C(OC(I)CCCCI)c1ccccc1. The molecule has 0 saturated heterocycles. The van der Waals surface area contributed by atoms with Crippen molar-refractivity contribution in [2.75, 3.05) is 4.43 Å². The van der Waals surface area contributed by atoms with Crippen LogP contribution < -0.4 is 0 Å². The predicted octanol–water partition coefficient (Wildman–Crippen LogP) is 4.21. The number of carbonyl (C=O) groups is 1. The highest BCUT2D eigenvalue weighted by atomic mass is 127. The number of carbonyl (C=O) groups excluding carboxylic acids is 1. The average Bonchev–Trinajstić information content (AvgIpc) is 2.30. The van der Waals surface area contributed by atoms with E-state index >= 15 is 0 Å². The first-order valence-electron chi connectivity index (χ1n) is 5.20. The van der Waals surface area contributed by atoms with E-state index in [1.54, 1.807) is 12.1 Å². The second-order valence-corrected chi connectivity index (χ2v) is 5.83. The van der Waals surface area contributed by atoms with Crippen LogP contribution in [0.1, 0.15) is 29.6 Å². The Kier molecular flexibility index (Phi) is 7.35. The Labute approximate surface area is 123 Å². The van der Waals surface area contributed by atoms with Gasteiger partial charge in [0.15, 0.2) is 4.11 Å². The zero-order chi connectivity index (χ0) is 11.8. The molecule has 0 aromatic heterocycles. The van der Waals surface area contributed by atoms with Crippen molar-refractivity contribution in [2.45, 2.75) is 23.4 Å². The Hall–Kier alpha value is 0.150. The summed E-state index contributed by atoms with van der Waals surface area (Å²) >= 11 is 4.54. The Bertz CT molecular complexity index is 314. The average molecular weight is 444 g/mol. The van der Waals surface area contributed by atoms with E-state index in [0.29, 0.717) is 5.56 Å². The Morgan fingerprint density at radius 2 is 1.94 bits per heavy atom. The van der Waals surface area contributed by atoms with Gasteiger partial charge in [-0.2, -0.15) is 0 Å². The van der Waals surface area contributed by atoms with Crippen molar-refractivity contribution in [2.24, 2.45) is 0 Å². The zero-order valence-electron chi connectivity index (χ0n) is 8.86. The maximum absolute atomic E-state index is 11.7. The van der Waals surface area contributed by atoms with Crippen LogP contribution in [0.2, 0.25) is 0 Å². The predicted molar refractivity (Wildman–Crippen MR) is 82.4 cm³/mol. The van der Waals surface area contributed by atoms with Crippen LogP contribution in [0.25, 0.3) is 0 Å². The zero-order valence-corrected chi connectivity index (χ0v) is 13.2. The summed E-state index contributed by atoms with van der Waals surface area (Å²) in [5, 5.41) is 0. The van der Waals surface area contributed by atoms with Crippen LogP contribution in [0.5, 0.6) is 0 Å². The lowest BCUT2D eigenvalue weighted by Crippen LogP contribution is -2.12. The van der Waals surface area contributed by atoms with E-state index in [9.17, 15) is 4.79 Å². The van der Waals surface area contributed by atoms with Crippen LogP contribution in [-0.2, 0) is 4.74 Å². The topological polar surface area (TPSA) is 26.3 Å². The minimum absolute atomic E-state index is 0.0201. The van der Waals surface area contributed by atoms with Gasteiger partial charge in [-0.3, -0.25) is 0 Å². The fraction of sp³-hybridized carbons (Fsp3) is 0.417. The highest BCUT2D eigenvalue weighted by Gasteiger charge is 2.11. The number of unbranched alkanes of at least 4 members (excludes halogenated alkanes) is 1. The standard InChI is InChI=1S/C12H14I2O2/c13-9-5-4-8-11(14)16-12(15)10-6-2-1-3-7-10/h1-3,6-7,11H,4-5,8-9H2. The molecular formula is C12H14I2O2. The molecule has 0 amide bonds. The summed E-state index contributed by atoms with van der Waals surface area (Å²) < 4.78 is 6.47. The highest BCUT2D eigenvalue weighted by Crippen LogP contribution is 2.15. The van der Waals surface area contributed by atoms with Crippen LogP contribution in [-0.4, -0.2) is 14.5 Å². The summed E-state index contributed by atoms with van der Waals surface area (Å²) in [6.45, 7) is 0. The van der Waals surface area contributed by atoms with Gasteiger partial charge in [0.05, 0.1) is 5.56 Å². The van der Waals surface area contributed by atoms with Crippen molar-refractivity contribution in [3.63, 3.8) is 0 Å². The van der Waals surface area contributed by atoms with E-state index in [-0.39, 0.29) is 10.1 Å². The van der Waals surface area contributed by atoms with E-state index in [1.165, 1.54) is 6.42 Å². The first-order valence-corrected chi connectivity index (χ1v) is 7.97. The van der Waals surface area contributed by atoms with Crippen molar-refractivity contribution in [3.8, 4) is 0 Å². The Balaban J connectivity index is 2.34. The molecule has 1 aromatic carbocycles. The molecule has 0 saturated carbocycles. The molecule has 1 aromatic rings. The molecule has 0 bridgehead atoms. The summed E-state index contributed by atoms with van der Waals surface area (Å²) in [5.74, 6) is -0.227. The minimum atomic E-state index is -0.227. The fourth-order valence-electron chi connectivity index (χ4n) is 1.22. The molecule has 0 aliphatic carbocycles. The molecule has 0 heterocycles. The molecule has 1 rings (SSSR count). The molecule has 0 aliphatic heterocycles. The number of ether oxygens (including phenoxy) is 1. The normalized spacial score (nSPS) is 12.1. The van der Waals surface area contributed by atoms with Gasteiger partial charge in [-0.05, 0) is 58.4 Å². The first-order chi connectivity index (χ1) is 7.74. The van der Waals surface area contributed by atoms with Crippen LogP contribution in [0.3, 0.4) is 0 Å². The lowest BCUT2D eigenvalue weighted by Gasteiger charge is -2.11. The number of halogens is 2. The van der Waals surface area contributed by atoms with Gasteiger partial charge in [-0.25, -0.2) is 4.79 Å². The van der Waals surface area contributed by atoms with Crippen LogP contribution in [0, 0.1) is 0 Å². The third kappa shape index (κ3) is 5.47. The van der Waals surface area contributed by atoms with Gasteiger partial charge < -0.3 is 4.74 Å². The maximum atomic E-state index is 11.7. The third-order valence-corrected chi connectivity index (χ3v) is 3.70. The summed E-state index contributed by atoms with van der Waals surface area (Å²) in [4.78, 5) is 11.7. The molecule has 0 radical (unpaired) electrons. The highest BCUT2D eigenvalue weighted by molar-refractivity contribution is 14.1. The fourth-order valence-corrected chi connectivity index (χ4v) is 2.43. The van der Waals surface area contributed by atoms with Crippen molar-refractivity contribution in [1.29, 1.82) is 0 Å². The number of esters is 1. The van der Waals surface area contributed by atoms with E-state index in [0.717, 1.165) is 17.3 Å². The number of rotatable bonds is 6. The van der Waals surface area contributed by atoms with Gasteiger partial charge in [0.25, 0.3) is 0 Å². The largest absolute Gasteiger partial charge is 0.448 e. The summed E-state index contributed by atoms with van der Waals surface area (Å²) in [6.07, 6.45) is 3.23. The molecule has 16 heavy (non-hydrogen) atoms. The molecule has 88 valence electrons.